The Morgan fingerprint density at radius 3 is 2.45 bits per heavy atom. The number of nitrogens with one attached hydrogen (secondary N) is 2. The minimum Gasteiger partial charge on any atom is -0.377 e. The molecule has 3 rings (SSSR count). The molecule has 31 heavy (non-hydrogen) atoms. The minimum absolute atomic E-state index is 0.0521. The molecule has 0 aromatic heterocycles. The van der Waals surface area contributed by atoms with E-state index < -0.39 is 0 Å². The average molecular weight is 423 g/mol. The van der Waals surface area contributed by atoms with Gasteiger partial charge in [0.05, 0.1) is 0 Å². The molecule has 0 heterocycles. The summed E-state index contributed by atoms with van der Waals surface area (Å²) in [6.45, 7) is 7.10. The first kappa shape index (κ1) is 22.7. The van der Waals surface area contributed by atoms with E-state index in [2.05, 4.69) is 10.6 Å². The first-order chi connectivity index (χ1) is 14.7. The van der Waals surface area contributed by atoms with Crippen LogP contribution >= 0.6 is 0 Å². The summed E-state index contributed by atoms with van der Waals surface area (Å²) in [4.78, 5) is 29.5. The predicted molar refractivity (Wildman–Crippen MR) is 127 cm³/mol. The average Bonchev–Trinajstić information content (AvgIpc) is 3.50. The Hall–Kier alpha value is -3.02. The van der Waals surface area contributed by atoms with Gasteiger partial charge in [0.25, 0.3) is 5.91 Å². The lowest BCUT2D eigenvalue weighted by Gasteiger charge is -2.26. The SMILES string of the molecule is Cc1cccc(C(=O)N(Cc2cc(NC(=O)NC(C)C)ccc2N(C)C)CC2CC2)c1. The predicted octanol–water partition coefficient (Wildman–Crippen LogP) is 4.64. The molecule has 0 bridgehead atoms. The van der Waals surface area contributed by atoms with Crippen molar-refractivity contribution < 1.29 is 9.59 Å². The molecular formula is C25H34N4O2. The van der Waals surface area contributed by atoms with Gasteiger partial charge in [0.2, 0.25) is 0 Å². The highest BCUT2D eigenvalue weighted by molar-refractivity contribution is 5.94. The quantitative estimate of drug-likeness (QED) is 0.651. The summed E-state index contributed by atoms with van der Waals surface area (Å²) in [6, 6.07) is 13.5. The molecular weight excluding hydrogens is 388 g/mol. The van der Waals surface area contributed by atoms with Crippen LogP contribution < -0.4 is 15.5 Å². The second kappa shape index (κ2) is 9.86. The van der Waals surface area contributed by atoms with Gasteiger partial charge in [0.15, 0.2) is 0 Å². The Labute approximate surface area is 185 Å². The summed E-state index contributed by atoms with van der Waals surface area (Å²) in [5.41, 5.74) is 4.56. The molecule has 1 fully saturated rings. The molecule has 0 spiro atoms. The Kier molecular flexibility index (Phi) is 7.21. The molecule has 2 aromatic rings. The molecule has 0 radical (unpaired) electrons. The van der Waals surface area contributed by atoms with Gasteiger partial charge in [-0.05, 0) is 75.4 Å². The number of carbonyl (C=O) groups excluding carboxylic acids is 2. The number of anilines is 2. The van der Waals surface area contributed by atoms with Crippen LogP contribution in [0.3, 0.4) is 0 Å². The van der Waals surface area contributed by atoms with E-state index in [4.69, 9.17) is 0 Å². The lowest BCUT2D eigenvalue weighted by molar-refractivity contribution is 0.0735. The van der Waals surface area contributed by atoms with Crippen molar-refractivity contribution in [3.8, 4) is 0 Å². The number of benzene rings is 2. The highest BCUT2D eigenvalue weighted by Crippen LogP contribution is 2.32. The fraction of sp³-hybridized carbons (Fsp3) is 0.440. The third kappa shape index (κ3) is 6.48. The van der Waals surface area contributed by atoms with Crippen molar-refractivity contribution in [1.82, 2.24) is 10.2 Å². The number of aryl methyl sites for hydroxylation is 1. The highest BCUT2D eigenvalue weighted by Gasteiger charge is 2.28. The molecule has 6 heteroatoms. The first-order valence-electron chi connectivity index (χ1n) is 11.0. The Balaban J connectivity index is 1.87. The molecule has 1 aliphatic rings. The van der Waals surface area contributed by atoms with Crippen molar-refractivity contribution in [1.29, 1.82) is 0 Å². The molecule has 0 aliphatic heterocycles. The lowest BCUT2D eigenvalue weighted by Crippen LogP contribution is -2.34. The number of hydrogen-bond acceptors (Lipinski definition) is 3. The number of nitrogens with zero attached hydrogens (tertiary/aromatic N) is 2. The van der Waals surface area contributed by atoms with Crippen LogP contribution in [-0.2, 0) is 6.54 Å². The summed E-state index contributed by atoms with van der Waals surface area (Å²) in [6.07, 6.45) is 2.35. The maximum Gasteiger partial charge on any atom is 0.319 e. The molecule has 166 valence electrons. The van der Waals surface area contributed by atoms with E-state index >= 15 is 0 Å². The summed E-state index contributed by atoms with van der Waals surface area (Å²) >= 11 is 0. The summed E-state index contributed by atoms with van der Waals surface area (Å²) in [7, 11) is 3.98. The number of rotatable bonds is 8. The maximum atomic E-state index is 13.4. The smallest absolute Gasteiger partial charge is 0.319 e. The van der Waals surface area contributed by atoms with Crippen LogP contribution in [0.15, 0.2) is 42.5 Å². The molecule has 1 saturated carbocycles. The van der Waals surface area contributed by atoms with Crippen molar-refractivity contribution in [2.75, 3.05) is 30.9 Å². The zero-order valence-corrected chi connectivity index (χ0v) is 19.2. The third-order valence-corrected chi connectivity index (χ3v) is 5.33. The van der Waals surface area contributed by atoms with Crippen LogP contribution in [0.4, 0.5) is 16.2 Å². The van der Waals surface area contributed by atoms with Crippen LogP contribution in [0.2, 0.25) is 0 Å². The first-order valence-corrected chi connectivity index (χ1v) is 11.0. The van der Waals surface area contributed by atoms with Gasteiger partial charge < -0.3 is 20.4 Å². The third-order valence-electron chi connectivity index (χ3n) is 5.33. The van der Waals surface area contributed by atoms with Gasteiger partial charge in [-0.15, -0.1) is 0 Å². The molecule has 1 aliphatic carbocycles. The van der Waals surface area contributed by atoms with E-state index in [1.807, 2.05) is 87.1 Å². The van der Waals surface area contributed by atoms with Crippen LogP contribution in [0.5, 0.6) is 0 Å². The maximum absolute atomic E-state index is 13.4. The van der Waals surface area contributed by atoms with Gasteiger partial charge in [0, 0.05) is 50.2 Å². The van der Waals surface area contributed by atoms with Crippen molar-refractivity contribution in [3.63, 3.8) is 0 Å². The number of amides is 3. The van der Waals surface area contributed by atoms with Crippen LogP contribution in [0.25, 0.3) is 0 Å². The van der Waals surface area contributed by atoms with Gasteiger partial charge in [-0.1, -0.05) is 17.7 Å². The lowest BCUT2D eigenvalue weighted by atomic mass is 10.1. The zero-order chi connectivity index (χ0) is 22.5. The van der Waals surface area contributed by atoms with Crippen molar-refractivity contribution in [3.05, 3.63) is 59.2 Å². The molecule has 0 unspecified atom stereocenters. The van der Waals surface area contributed by atoms with E-state index in [1.165, 1.54) is 12.8 Å². The molecule has 0 saturated heterocycles. The minimum atomic E-state index is -0.232. The van der Waals surface area contributed by atoms with E-state index in [1.54, 1.807) is 0 Å². The summed E-state index contributed by atoms with van der Waals surface area (Å²) < 4.78 is 0. The van der Waals surface area contributed by atoms with Crippen LogP contribution in [-0.4, -0.2) is 43.5 Å². The Bertz CT molecular complexity index is 935. The molecule has 3 amide bonds. The number of hydrogen-bond donors (Lipinski definition) is 2. The van der Waals surface area contributed by atoms with E-state index in [9.17, 15) is 9.59 Å². The van der Waals surface area contributed by atoms with Crippen molar-refractivity contribution >= 4 is 23.3 Å². The monoisotopic (exact) mass is 422 g/mol. The normalized spacial score (nSPS) is 13.1. The Morgan fingerprint density at radius 2 is 1.84 bits per heavy atom. The topological polar surface area (TPSA) is 64.7 Å². The van der Waals surface area contributed by atoms with E-state index in [0.717, 1.165) is 28.9 Å². The van der Waals surface area contributed by atoms with Crippen LogP contribution in [0, 0.1) is 12.8 Å². The number of urea groups is 1. The molecule has 2 N–H and O–H groups in total. The highest BCUT2D eigenvalue weighted by atomic mass is 16.2. The summed E-state index contributed by atoms with van der Waals surface area (Å²) in [5.74, 6) is 0.630. The molecule has 6 nitrogen and oxygen atoms in total. The van der Waals surface area contributed by atoms with Gasteiger partial charge >= 0.3 is 6.03 Å². The van der Waals surface area contributed by atoms with Gasteiger partial charge in [-0.2, -0.15) is 0 Å². The second-order valence-electron chi connectivity index (χ2n) is 8.99. The van der Waals surface area contributed by atoms with Gasteiger partial charge in [0.1, 0.15) is 0 Å². The number of carbonyl (C=O) groups is 2. The second-order valence-corrected chi connectivity index (χ2v) is 8.99. The largest absolute Gasteiger partial charge is 0.377 e. The van der Waals surface area contributed by atoms with E-state index in [-0.39, 0.29) is 18.0 Å². The molecule has 2 aromatic carbocycles. The van der Waals surface area contributed by atoms with Crippen molar-refractivity contribution in [2.24, 2.45) is 5.92 Å². The van der Waals surface area contributed by atoms with Crippen molar-refractivity contribution in [2.45, 2.75) is 46.2 Å². The van der Waals surface area contributed by atoms with Gasteiger partial charge in [-0.3, -0.25) is 4.79 Å². The van der Waals surface area contributed by atoms with Crippen LogP contribution in [0.1, 0.15) is 48.2 Å². The van der Waals surface area contributed by atoms with Gasteiger partial charge in [-0.25, -0.2) is 4.79 Å². The fourth-order valence-electron chi connectivity index (χ4n) is 3.65. The van der Waals surface area contributed by atoms with E-state index in [0.29, 0.717) is 18.2 Å². The molecule has 0 atom stereocenters. The Morgan fingerprint density at radius 1 is 1.10 bits per heavy atom. The standard InChI is InChI=1S/C25H34N4O2/c1-17(2)26-25(31)27-22-11-12-23(28(4)5)21(14-22)16-29(15-19-9-10-19)24(30)20-8-6-7-18(3)13-20/h6-8,11-14,17,19H,9-10,15-16H2,1-5H3,(H2,26,27,31). The zero-order valence-electron chi connectivity index (χ0n) is 19.2. The summed E-state index contributed by atoms with van der Waals surface area (Å²) in [5, 5.41) is 5.75. The fourth-order valence-corrected chi connectivity index (χ4v) is 3.65.